The lowest BCUT2D eigenvalue weighted by atomic mass is 9.97. The molecule has 0 radical (unpaired) electrons. The minimum absolute atomic E-state index is 0.0315. The van der Waals surface area contributed by atoms with Gasteiger partial charge in [-0.15, -0.1) is 0 Å². The number of rotatable bonds is 9. The Morgan fingerprint density at radius 1 is 1.17 bits per heavy atom. The zero-order valence-corrected chi connectivity index (χ0v) is 14.9. The third-order valence-corrected chi connectivity index (χ3v) is 4.94. The van der Waals surface area contributed by atoms with E-state index in [1.54, 1.807) is 6.92 Å². The highest BCUT2D eigenvalue weighted by molar-refractivity contribution is 7.89. The molecule has 0 aromatic heterocycles. The third-order valence-electron chi connectivity index (χ3n) is 3.38. The van der Waals surface area contributed by atoms with Crippen LogP contribution in [0.25, 0.3) is 0 Å². The van der Waals surface area contributed by atoms with Gasteiger partial charge in [0.05, 0.1) is 10.8 Å². The Hall–Kier alpha value is -1.93. The van der Waals surface area contributed by atoms with E-state index in [1.165, 1.54) is 24.3 Å². The number of benzene rings is 1. The molecule has 0 aliphatic rings. The van der Waals surface area contributed by atoms with Crippen LogP contribution >= 0.6 is 0 Å². The van der Waals surface area contributed by atoms with E-state index in [0.717, 1.165) is 0 Å². The van der Waals surface area contributed by atoms with E-state index in [1.807, 2.05) is 13.8 Å². The lowest BCUT2D eigenvalue weighted by Gasteiger charge is -2.15. The Morgan fingerprint density at radius 3 is 2.21 bits per heavy atom. The molecule has 0 spiro atoms. The number of amides is 1. The minimum Gasteiger partial charge on any atom is -0.481 e. The summed E-state index contributed by atoms with van der Waals surface area (Å²) in [4.78, 5) is 23.3. The molecular weight excluding hydrogens is 332 g/mol. The number of carbonyl (C=O) groups is 2. The third kappa shape index (κ3) is 5.93. The zero-order chi connectivity index (χ0) is 18.3. The number of nitrogens with one attached hydrogen (secondary N) is 2. The fourth-order valence-electron chi connectivity index (χ4n) is 2.22. The van der Waals surface area contributed by atoms with Crippen LogP contribution in [0.15, 0.2) is 29.2 Å². The van der Waals surface area contributed by atoms with E-state index in [0.29, 0.717) is 6.42 Å². The van der Waals surface area contributed by atoms with Crippen molar-refractivity contribution in [3.8, 4) is 0 Å². The topological polar surface area (TPSA) is 113 Å². The van der Waals surface area contributed by atoms with Gasteiger partial charge < -0.3 is 10.4 Å². The number of hydrogen-bond donors (Lipinski definition) is 3. The predicted octanol–water partition coefficient (Wildman–Crippen LogP) is 1.46. The summed E-state index contributed by atoms with van der Waals surface area (Å²) in [6.45, 7) is 5.82. The van der Waals surface area contributed by atoms with Crippen LogP contribution in [-0.4, -0.2) is 38.5 Å². The van der Waals surface area contributed by atoms with Gasteiger partial charge in [0.15, 0.2) is 0 Å². The van der Waals surface area contributed by atoms with Crippen molar-refractivity contribution in [2.24, 2.45) is 11.8 Å². The molecule has 134 valence electrons. The summed E-state index contributed by atoms with van der Waals surface area (Å²) in [6.07, 6.45) is 0.468. The first kappa shape index (κ1) is 20.1. The normalized spacial score (nSPS) is 12.8. The van der Waals surface area contributed by atoms with Crippen LogP contribution in [0.1, 0.15) is 37.6 Å². The first-order chi connectivity index (χ1) is 11.2. The summed E-state index contributed by atoms with van der Waals surface area (Å²) in [5, 5.41) is 11.7. The SMILES string of the molecule is CCNS(=O)(=O)c1ccc(C(=O)NCC(CC(C)C)C(=O)O)cc1. The molecule has 24 heavy (non-hydrogen) atoms. The molecule has 0 fully saturated rings. The molecule has 0 saturated heterocycles. The number of carbonyl (C=O) groups excluding carboxylic acids is 1. The summed E-state index contributed by atoms with van der Waals surface area (Å²) in [5.74, 6) is -1.82. The van der Waals surface area contributed by atoms with Crippen LogP contribution in [0, 0.1) is 11.8 Å². The van der Waals surface area contributed by atoms with Crippen LogP contribution in [0.3, 0.4) is 0 Å². The molecular formula is C16H24N2O5S. The molecule has 1 atom stereocenters. The van der Waals surface area contributed by atoms with Crippen molar-refractivity contribution in [1.29, 1.82) is 0 Å². The van der Waals surface area contributed by atoms with Gasteiger partial charge in [-0.05, 0) is 36.6 Å². The highest BCUT2D eigenvalue weighted by Gasteiger charge is 2.20. The summed E-state index contributed by atoms with van der Waals surface area (Å²) in [6, 6.07) is 5.49. The molecule has 1 aromatic rings. The fraction of sp³-hybridized carbons (Fsp3) is 0.500. The van der Waals surface area contributed by atoms with Gasteiger partial charge >= 0.3 is 5.97 Å². The Morgan fingerprint density at radius 2 is 1.75 bits per heavy atom. The summed E-state index contributed by atoms with van der Waals surface area (Å²) >= 11 is 0. The number of sulfonamides is 1. The zero-order valence-electron chi connectivity index (χ0n) is 14.1. The van der Waals surface area contributed by atoms with Crippen molar-refractivity contribution in [3.05, 3.63) is 29.8 Å². The van der Waals surface area contributed by atoms with Gasteiger partial charge in [0, 0.05) is 18.7 Å². The Labute approximate surface area is 142 Å². The van der Waals surface area contributed by atoms with Gasteiger partial charge in [0.25, 0.3) is 5.91 Å². The van der Waals surface area contributed by atoms with Crippen molar-refractivity contribution < 1.29 is 23.1 Å². The van der Waals surface area contributed by atoms with E-state index in [-0.39, 0.29) is 29.5 Å². The van der Waals surface area contributed by atoms with Crippen LogP contribution in [0.2, 0.25) is 0 Å². The Balaban J connectivity index is 2.73. The highest BCUT2D eigenvalue weighted by Crippen LogP contribution is 2.13. The maximum atomic E-state index is 12.1. The maximum absolute atomic E-state index is 12.1. The van der Waals surface area contributed by atoms with Gasteiger partial charge in [-0.2, -0.15) is 0 Å². The monoisotopic (exact) mass is 356 g/mol. The van der Waals surface area contributed by atoms with Crippen molar-refractivity contribution in [1.82, 2.24) is 10.0 Å². The number of aliphatic carboxylic acids is 1. The second-order valence-electron chi connectivity index (χ2n) is 5.90. The number of carboxylic acid groups (broad SMARTS) is 1. The molecule has 1 aromatic carbocycles. The molecule has 0 aliphatic carbocycles. The van der Waals surface area contributed by atoms with E-state index in [4.69, 9.17) is 5.11 Å². The molecule has 8 heteroatoms. The first-order valence-electron chi connectivity index (χ1n) is 7.78. The Bertz CT molecular complexity index is 668. The summed E-state index contributed by atoms with van der Waals surface area (Å²) < 4.78 is 26.0. The van der Waals surface area contributed by atoms with Crippen LogP contribution in [0.5, 0.6) is 0 Å². The van der Waals surface area contributed by atoms with Gasteiger partial charge in [-0.3, -0.25) is 9.59 Å². The van der Waals surface area contributed by atoms with E-state index < -0.39 is 27.8 Å². The first-order valence-corrected chi connectivity index (χ1v) is 9.26. The van der Waals surface area contributed by atoms with Crippen LogP contribution < -0.4 is 10.0 Å². The van der Waals surface area contributed by atoms with Crippen molar-refractivity contribution in [3.63, 3.8) is 0 Å². The minimum atomic E-state index is -3.56. The van der Waals surface area contributed by atoms with Gasteiger partial charge in [0.2, 0.25) is 10.0 Å². The molecule has 0 saturated carbocycles. The molecule has 7 nitrogen and oxygen atoms in total. The van der Waals surface area contributed by atoms with Crippen molar-refractivity contribution in [2.45, 2.75) is 32.1 Å². The second-order valence-corrected chi connectivity index (χ2v) is 7.67. The molecule has 1 amide bonds. The molecule has 1 unspecified atom stereocenters. The van der Waals surface area contributed by atoms with E-state index in [9.17, 15) is 18.0 Å². The second kappa shape index (κ2) is 8.79. The van der Waals surface area contributed by atoms with E-state index >= 15 is 0 Å². The maximum Gasteiger partial charge on any atom is 0.308 e. The van der Waals surface area contributed by atoms with Crippen LogP contribution in [0.4, 0.5) is 0 Å². The quantitative estimate of drug-likeness (QED) is 0.620. The lowest BCUT2D eigenvalue weighted by molar-refractivity contribution is -0.142. The standard InChI is InChI=1S/C16H24N2O5S/c1-4-18-24(22,23)14-7-5-12(6-8-14)15(19)17-10-13(16(20)21)9-11(2)3/h5-8,11,13,18H,4,9-10H2,1-3H3,(H,17,19)(H,20,21). The average Bonchev–Trinajstić information content (AvgIpc) is 2.50. The highest BCUT2D eigenvalue weighted by atomic mass is 32.2. The lowest BCUT2D eigenvalue weighted by Crippen LogP contribution is -2.33. The van der Waals surface area contributed by atoms with Gasteiger partial charge in [0.1, 0.15) is 0 Å². The van der Waals surface area contributed by atoms with Gasteiger partial charge in [-0.25, -0.2) is 13.1 Å². The molecule has 3 N–H and O–H groups in total. The molecule has 0 aliphatic heterocycles. The number of hydrogen-bond acceptors (Lipinski definition) is 4. The summed E-state index contributed by atoms with van der Waals surface area (Å²) in [7, 11) is -3.56. The Kier molecular flexibility index (Phi) is 7.37. The molecule has 1 rings (SSSR count). The predicted molar refractivity (Wildman–Crippen MR) is 90.2 cm³/mol. The number of carboxylic acids is 1. The smallest absolute Gasteiger partial charge is 0.308 e. The molecule has 0 heterocycles. The van der Waals surface area contributed by atoms with Gasteiger partial charge in [-0.1, -0.05) is 20.8 Å². The average molecular weight is 356 g/mol. The van der Waals surface area contributed by atoms with Crippen molar-refractivity contribution >= 4 is 21.9 Å². The van der Waals surface area contributed by atoms with E-state index in [2.05, 4.69) is 10.0 Å². The summed E-state index contributed by atoms with van der Waals surface area (Å²) in [5.41, 5.74) is 0.277. The van der Waals surface area contributed by atoms with Crippen LogP contribution in [-0.2, 0) is 14.8 Å². The fourth-order valence-corrected chi connectivity index (χ4v) is 3.26. The molecule has 0 bridgehead atoms. The largest absolute Gasteiger partial charge is 0.481 e. The van der Waals surface area contributed by atoms with Crippen molar-refractivity contribution in [2.75, 3.05) is 13.1 Å².